The summed E-state index contributed by atoms with van der Waals surface area (Å²) in [7, 11) is 0. The quantitative estimate of drug-likeness (QED) is 0.690. The number of aromatic hydroxyl groups is 1. The second-order valence-corrected chi connectivity index (χ2v) is 6.76. The van der Waals surface area contributed by atoms with Crippen LogP contribution in [0.1, 0.15) is 11.1 Å². The molecule has 0 saturated carbocycles. The molecule has 3 aromatic rings. The predicted octanol–water partition coefficient (Wildman–Crippen LogP) is 4.58. The van der Waals surface area contributed by atoms with Gasteiger partial charge in [0.25, 0.3) is 0 Å². The van der Waals surface area contributed by atoms with Crippen LogP contribution in [0.5, 0.6) is 5.75 Å². The maximum absolute atomic E-state index is 9.73. The van der Waals surface area contributed by atoms with E-state index in [0.717, 1.165) is 0 Å². The zero-order chi connectivity index (χ0) is 18.7. The standard InChI is InChI=1S/C19H11ClN4OS/c20-12-6-4-11(5-7-12)17-15(9-21)18(23)24-19(16(17)10-22)26-14-3-1-2-13(25)8-14/h1-8,25H,(H2,23,24). The van der Waals surface area contributed by atoms with Crippen LogP contribution in [0.2, 0.25) is 5.02 Å². The molecule has 0 aliphatic rings. The average Bonchev–Trinajstić information content (AvgIpc) is 2.62. The van der Waals surface area contributed by atoms with Crippen LogP contribution in [-0.4, -0.2) is 10.1 Å². The molecular weight excluding hydrogens is 368 g/mol. The molecule has 0 aliphatic carbocycles. The van der Waals surface area contributed by atoms with Gasteiger partial charge in [-0.15, -0.1) is 0 Å². The van der Waals surface area contributed by atoms with Gasteiger partial charge < -0.3 is 10.8 Å². The van der Waals surface area contributed by atoms with Crippen molar-refractivity contribution in [2.24, 2.45) is 0 Å². The van der Waals surface area contributed by atoms with Crippen molar-refractivity contribution in [2.75, 3.05) is 5.73 Å². The Bertz CT molecular complexity index is 1070. The Balaban J connectivity index is 2.23. The zero-order valence-electron chi connectivity index (χ0n) is 13.3. The summed E-state index contributed by atoms with van der Waals surface area (Å²) in [5.74, 6) is 0.146. The SMILES string of the molecule is N#Cc1c(N)nc(Sc2cccc(O)c2)c(C#N)c1-c1ccc(Cl)cc1. The Hall–Kier alpha value is -3.19. The lowest BCUT2D eigenvalue weighted by molar-refractivity contribution is 0.474. The van der Waals surface area contributed by atoms with Crippen molar-refractivity contribution in [1.29, 1.82) is 10.5 Å². The summed E-state index contributed by atoms with van der Waals surface area (Å²) in [5, 5.41) is 29.8. The molecule has 26 heavy (non-hydrogen) atoms. The topological polar surface area (TPSA) is 107 Å². The van der Waals surface area contributed by atoms with Crippen molar-refractivity contribution < 1.29 is 5.11 Å². The van der Waals surface area contributed by atoms with E-state index in [-0.39, 0.29) is 22.7 Å². The third kappa shape index (κ3) is 3.43. The van der Waals surface area contributed by atoms with Gasteiger partial charge in [0.15, 0.2) is 0 Å². The monoisotopic (exact) mass is 378 g/mol. The van der Waals surface area contributed by atoms with Crippen LogP contribution < -0.4 is 5.73 Å². The molecule has 5 nitrogen and oxygen atoms in total. The van der Waals surface area contributed by atoms with Crippen molar-refractivity contribution in [2.45, 2.75) is 9.92 Å². The van der Waals surface area contributed by atoms with Gasteiger partial charge in [-0.1, -0.05) is 41.6 Å². The Labute approximate surface area is 159 Å². The molecule has 126 valence electrons. The summed E-state index contributed by atoms with van der Waals surface area (Å²) in [6, 6.07) is 17.5. The number of nitriles is 2. The lowest BCUT2D eigenvalue weighted by Crippen LogP contribution is -2.03. The van der Waals surface area contributed by atoms with Gasteiger partial charge >= 0.3 is 0 Å². The van der Waals surface area contributed by atoms with Gasteiger partial charge in [0, 0.05) is 15.5 Å². The van der Waals surface area contributed by atoms with E-state index in [0.29, 0.717) is 26.1 Å². The Morgan fingerprint density at radius 3 is 2.35 bits per heavy atom. The molecule has 0 spiro atoms. The molecule has 0 aliphatic heterocycles. The van der Waals surface area contributed by atoms with Crippen molar-refractivity contribution in [1.82, 2.24) is 4.98 Å². The second-order valence-electron chi connectivity index (χ2n) is 5.26. The van der Waals surface area contributed by atoms with Gasteiger partial charge in [0.2, 0.25) is 0 Å². The molecule has 1 aromatic heterocycles. The lowest BCUT2D eigenvalue weighted by Gasteiger charge is -2.13. The summed E-state index contributed by atoms with van der Waals surface area (Å²) >= 11 is 7.13. The highest BCUT2D eigenvalue weighted by Crippen LogP contribution is 2.38. The maximum Gasteiger partial charge on any atom is 0.143 e. The first-order valence-electron chi connectivity index (χ1n) is 7.40. The number of pyridine rings is 1. The highest BCUT2D eigenvalue weighted by Gasteiger charge is 2.21. The van der Waals surface area contributed by atoms with Crippen LogP contribution in [0.3, 0.4) is 0 Å². The summed E-state index contributed by atoms with van der Waals surface area (Å²) in [6.07, 6.45) is 0. The van der Waals surface area contributed by atoms with E-state index >= 15 is 0 Å². The minimum atomic E-state index is 0.0408. The van der Waals surface area contributed by atoms with E-state index in [4.69, 9.17) is 17.3 Å². The van der Waals surface area contributed by atoms with Gasteiger partial charge in [0.05, 0.1) is 5.56 Å². The molecular formula is C19H11ClN4OS. The van der Waals surface area contributed by atoms with E-state index in [1.807, 2.05) is 6.07 Å². The Morgan fingerprint density at radius 2 is 1.73 bits per heavy atom. The third-order valence-corrected chi connectivity index (χ3v) is 4.81. The molecule has 0 unspecified atom stereocenters. The van der Waals surface area contributed by atoms with Gasteiger partial charge in [-0.05, 0) is 35.9 Å². The average molecular weight is 379 g/mol. The van der Waals surface area contributed by atoms with Crippen LogP contribution in [0, 0.1) is 22.7 Å². The smallest absolute Gasteiger partial charge is 0.143 e. The summed E-state index contributed by atoms with van der Waals surface area (Å²) in [6.45, 7) is 0. The van der Waals surface area contributed by atoms with Crippen molar-refractivity contribution in [3.05, 3.63) is 64.7 Å². The van der Waals surface area contributed by atoms with Gasteiger partial charge in [0.1, 0.15) is 34.3 Å². The zero-order valence-corrected chi connectivity index (χ0v) is 14.8. The number of benzene rings is 2. The van der Waals surface area contributed by atoms with Crippen LogP contribution >= 0.6 is 23.4 Å². The number of nitrogen functional groups attached to an aromatic ring is 1. The summed E-state index contributed by atoms with van der Waals surface area (Å²) in [5.41, 5.74) is 7.43. The van der Waals surface area contributed by atoms with E-state index in [1.165, 1.54) is 11.8 Å². The van der Waals surface area contributed by atoms with Crippen LogP contribution in [0.15, 0.2) is 58.5 Å². The summed E-state index contributed by atoms with van der Waals surface area (Å²) in [4.78, 5) is 4.93. The number of aromatic nitrogens is 1. The molecule has 0 radical (unpaired) electrons. The second kappa shape index (κ2) is 7.37. The van der Waals surface area contributed by atoms with Crippen LogP contribution in [0.4, 0.5) is 5.82 Å². The number of anilines is 1. The van der Waals surface area contributed by atoms with Crippen LogP contribution in [0.25, 0.3) is 11.1 Å². The number of phenolic OH excluding ortho intramolecular Hbond substituents is 1. The normalized spacial score (nSPS) is 10.1. The fourth-order valence-electron chi connectivity index (χ4n) is 2.44. The van der Waals surface area contributed by atoms with Gasteiger partial charge in [-0.2, -0.15) is 10.5 Å². The number of phenols is 1. The highest BCUT2D eigenvalue weighted by molar-refractivity contribution is 7.99. The number of hydrogen-bond donors (Lipinski definition) is 2. The van der Waals surface area contributed by atoms with Crippen molar-refractivity contribution in [3.63, 3.8) is 0 Å². The largest absolute Gasteiger partial charge is 0.508 e. The van der Waals surface area contributed by atoms with Crippen molar-refractivity contribution >= 4 is 29.2 Å². The first-order valence-corrected chi connectivity index (χ1v) is 8.59. The Kier molecular flexibility index (Phi) is 4.99. The first kappa shape index (κ1) is 17.6. The minimum Gasteiger partial charge on any atom is -0.508 e. The van der Waals surface area contributed by atoms with E-state index in [2.05, 4.69) is 11.1 Å². The first-order chi connectivity index (χ1) is 12.5. The molecule has 0 bridgehead atoms. The van der Waals surface area contributed by atoms with Gasteiger partial charge in [-0.25, -0.2) is 4.98 Å². The Morgan fingerprint density at radius 1 is 1.04 bits per heavy atom. The highest BCUT2D eigenvalue weighted by atomic mass is 35.5. The molecule has 0 amide bonds. The number of hydrogen-bond acceptors (Lipinski definition) is 6. The maximum atomic E-state index is 9.73. The fourth-order valence-corrected chi connectivity index (χ4v) is 3.51. The molecule has 7 heteroatoms. The van der Waals surface area contributed by atoms with Crippen molar-refractivity contribution in [3.8, 4) is 29.0 Å². The number of nitrogens with two attached hydrogens (primary N) is 1. The third-order valence-electron chi connectivity index (χ3n) is 3.58. The molecule has 0 fully saturated rings. The van der Waals surface area contributed by atoms with Gasteiger partial charge in [-0.3, -0.25) is 0 Å². The summed E-state index contributed by atoms with van der Waals surface area (Å²) < 4.78 is 0. The fraction of sp³-hybridized carbons (Fsp3) is 0. The van der Waals surface area contributed by atoms with Crippen LogP contribution in [-0.2, 0) is 0 Å². The molecule has 2 aromatic carbocycles. The predicted molar refractivity (Wildman–Crippen MR) is 101 cm³/mol. The minimum absolute atomic E-state index is 0.0408. The van der Waals surface area contributed by atoms with E-state index < -0.39 is 0 Å². The molecule has 3 rings (SSSR count). The van der Waals surface area contributed by atoms with E-state index in [9.17, 15) is 15.6 Å². The molecule has 0 atom stereocenters. The lowest BCUT2D eigenvalue weighted by atomic mass is 9.97. The molecule has 1 heterocycles. The number of rotatable bonds is 3. The van der Waals surface area contributed by atoms with E-state index in [1.54, 1.807) is 48.5 Å². The molecule has 3 N–H and O–H groups in total. The number of nitrogens with zero attached hydrogens (tertiary/aromatic N) is 3. The molecule has 0 saturated heterocycles. The number of halogens is 1.